The van der Waals surface area contributed by atoms with Gasteiger partial charge in [0.1, 0.15) is 6.04 Å². The molecule has 4 N–H and O–H groups in total. The maximum atomic E-state index is 12.8. The molecule has 3 amide bonds. The average Bonchev–Trinajstić information content (AvgIpc) is 2.93. The summed E-state index contributed by atoms with van der Waals surface area (Å²) >= 11 is 0. The number of fused-ring (bicyclic) bond motifs is 1. The van der Waals surface area contributed by atoms with Crippen LogP contribution < -0.4 is 16.4 Å². The molecule has 2 aliphatic rings. The second-order valence-electron chi connectivity index (χ2n) is 7.02. The summed E-state index contributed by atoms with van der Waals surface area (Å²) in [4.78, 5) is 37.8. The van der Waals surface area contributed by atoms with Crippen molar-refractivity contribution in [3.63, 3.8) is 0 Å². The van der Waals surface area contributed by atoms with Gasteiger partial charge in [-0.25, -0.2) is 0 Å². The van der Waals surface area contributed by atoms with Gasteiger partial charge in [0.25, 0.3) is 5.91 Å². The van der Waals surface area contributed by atoms with E-state index < -0.39 is 6.04 Å². The molecule has 140 valence electrons. The van der Waals surface area contributed by atoms with E-state index in [-0.39, 0.29) is 30.2 Å². The summed E-state index contributed by atoms with van der Waals surface area (Å²) in [5.41, 5.74) is 8.69. The Hall–Kier alpha value is -2.25. The van der Waals surface area contributed by atoms with E-state index in [1.807, 2.05) is 12.1 Å². The van der Waals surface area contributed by atoms with Gasteiger partial charge < -0.3 is 16.0 Å². The van der Waals surface area contributed by atoms with Crippen LogP contribution in [0.25, 0.3) is 0 Å². The van der Waals surface area contributed by atoms with Crippen molar-refractivity contribution >= 4 is 17.7 Å². The molecule has 2 aliphatic heterocycles. The minimum atomic E-state index is -0.577. The Labute approximate surface area is 153 Å². The third kappa shape index (κ3) is 3.78. The van der Waals surface area contributed by atoms with E-state index in [9.17, 15) is 14.4 Å². The van der Waals surface area contributed by atoms with Gasteiger partial charge in [0.05, 0.1) is 0 Å². The summed E-state index contributed by atoms with van der Waals surface area (Å²) in [5, 5.41) is 5.69. The molecule has 3 rings (SSSR count). The summed E-state index contributed by atoms with van der Waals surface area (Å²) in [6, 6.07) is 5.21. The number of hydrogen-bond acceptors (Lipinski definition) is 5. The van der Waals surface area contributed by atoms with Gasteiger partial charge in [0.15, 0.2) is 0 Å². The van der Waals surface area contributed by atoms with E-state index in [4.69, 9.17) is 5.73 Å². The minimum Gasteiger partial charge on any atom is -0.327 e. The fourth-order valence-corrected chi connectivity index (χ4v) is 3.68. The number of carbonyl (C=O) groups excluding carboxylic acids is 3. The Bertz CT molecular complexity index is 719. The standard InChI is InChI=1S/C19H26N4O3/c1-2-4-13(20)10-21-9-12-5-3-6-14-15(12)11-23(19(14)26)16-7-8-17(24)22-18(16)25/h3,5-6,13,16,21H,2,4,7-11,20H2,1H3,(H,22,24,25). The first kappa shape index (κ1) is 18.5. The maximum absolute atomic E-state index is 12.8. The zero-order valence-electron chi connectivity index (χ0n) is 15.1. The van der Waals surface area contributed by atoms with Gasteiger partial charge in [0.2, 0.25) is 11.8 Å². The van der Waals surface area contributed by atoms with Crippen LogP contribution >= 0.6 is 0 Å². The van der Waals surface area contributed by atoms with Crippen LogP contribution in [-0.4, -0.2) is 41.2 Å². The molecule has 2 heterocycles. The molecule has 7 heteroatoms. The Morgan fingerprint density at radius 2 is 2.15 bits per heavy atom. The number of nitrogens with one attached hydrogen (secondary N) is 2. The number of nitrogens with zero attached hydrogens (tertiary/aromatic N) is 1. The molecular formula is C19H26N4O3. The molecule has 7 nitrogen and oxygen atoms in total. The quantitative estimate of drug-likeness (QED) is 0.621. The fourth-order valence-electron chi connectivity index (χ4n) is 3.68. The highest BCUT2D eigenvalue weighted by Crippen LogP contribution is 2.29. The summed E-state index contributed by atoms with van der Waals surface area (Å²) in [5.74, 6) is -0.796. The number of carbonyl (C=O) groups is 3. The van der Waals surface area contributed by atoms with Gasteiger partial charge in [0, 0.05) is 37.7 Å². The van der Waals surface area contributed by atoms with Crippen LogP contribution in [0.15, 0.2) is 18.2 Å². The third-order valence-electron chi connectivity index (χ3n) is 5.06. The topological polar surface area (TPSA) is 105 Å². The molecule has 0 aromatic heterocycles. The lowest BCUT2D eigenvalue weighted by Crippen LogP contribution is -2.52. The number of benzene rings is 1. The summed E-state index contributed by atoms with van der Waals surface area (Å²) in [6.45, 7) is 3.87. The normalized spacial score (nSPS) is 20.9. The van der Waals surface area contributed by atoms with Gasteiger partial charge in [-0.2, -0.15) is 0 Å². The van der Waals surface area contributed by atoms with Gasteiger partial charge in [-0.05, 0) is 30.0 Å². The molecular weight excluding hydrogens is 332 g/mol. The minimum absolute atomic E-state index is 0.123. The largest absolute Gasteiger partial charge is 0.327 e. The van der Waals surface area contributed by atoms with Gasteiger partial charge in [-0.15, -0.1) is 0 Å². The molecule has 2 atom stereocenters. The van der Waals surface area contributed by atoms with Crippen molar-refractivity contribution in [3.8, 4) is 0 Å². The van der Waals surface area contributed by atoms with Crippen LogP contribution in [0.4, 0.5) is 0 Å². The maximum Gasteiger partial charge on any atom is 0.255 e. The van der Waals surface area contributed by atoms with Crippen molar-refractivity contribution in [2.75, 3.05) is 6.54 Å². The molecule has 1 saturated heterocycles. The van der Waals surface area contributed by atoms with Crippen LogP contribution in [0.1, 0.15) is 54.1 Å². The highest BCUT2D eigenvalue weighted by atomic mass is 16.2. The number of rotatable bonds is 7. The zero-order chi connectivity index (χ0) is 18.7. The Morgan fingerprint density at radius 1 is 1.35 bits per heavy atom. The Kier molecular flexibility index (Phi) is 5.68. The van der Waals surface area contributed by atoms with Crippen molar-refractivity contribution in [2.45, 2.75) is 57.8 Å². The van der Waals surface area contributed by atoms with E-state index in [0.29, 0.717) is 25.1 Å². The van der Waals surface area contributed by atoms with E-state index in [1.165, 1.54) is 0 Å². The van der Waals surface area contributed by atoms with Gasteiger partial charge in [-0.1, -0.05) is 25.5 Å². The van der Waals surface area contributed by atoms with Crippen molar-refractivity contribution in [1.82, 2.24) is 15.5 Å². The Morgan fingerprint density at radius 3 is 2.88 bits per heavy atom. The summed E-state index contributed by atoms with van der Waals surface area (Å²) < 4.78 is 0. The molecule has 0 bridgehead atoms. The molecule has 0 aliphatic carbocycles. The number of hydrogen-bond donors (Lipinski definition) is 3. The molecule has 2 unspecified atom stereocenters. The SMILES string of the molecule is CCCC(N)CNCc1cccc2c1CN(C1CCC(=O)NC1=O)C2=O. The van der Waals surface area contributed by atoms with Gasteiger partial charge >= 0.3 is 0 Å². The zero-order valence-corrected chi connectivity index (χ0v) is 15.1. The number of nitrogens with two attached hydrogens (primary N) is 1. The lowest BCUT2D eigenvalue weighted by molar-refractivity contribution is -0.136. The van der Waals surface area contributed by atoms with Crippen molar-refractivity contribution in [2.24, 2.45) is 5.73 Å². The van der Waals surface area contributed by atoms with Crippen LogP contribution in [-0.2, 0) is 22.7 Å². The highest BCUT2D eigenvalue weighted by Gasteiger charge is 2.39. The summed E-state index contributed by atoms with van der Waals surface area (Å²) in [6.07, 6.45) is 2.67. The first-order valence-corrected chi connectivity index (χ1v) is 9.23. The molecule has 1 aromatic rings. The number of imide groups is 1. The lowest BCUT2D eigenvalue weighted by Gasteiger charge is -2.29. The van der Waals surface area contributed by atoms with Crippen LogP contribution in [0.2, 0.25) is 0 Å². The van der Waals surface area contributed by atoms with Gasteiger partial charge in [-0.3, -0.25) is 19.7 Å². The molecule has 0 radical (unpaired) electrons. The molecule has 1 aromatic carbocycles. The van der Waals surface area contributed by atoms with E-state index in [0.717, 1.165) is 30.5 Å². The van der Waals surface area contributed by atoms with Crippen molar-refractivity contribution < 1.29 is 14.4 Å². The van der Waals surface area contributed by atoms with E-state index >= 15 is 0 Å². The highest BCUT2D eigenvalue weighted by molar-refractivity contribution is 6.05. The van der Waals surface area contributed by atoms with Crippen molar-refractivity contribution in [1.29, 1.82) is 0 Å². The third-order valence-corrected chi connectivity index (χ3v) is 5.06. The lowest BCUT2D eigenvalue weighted by atomic mass is 10.0. The van der Waals surface area contributed by atoms with E-state index in [2.05, 4.69) is 17.6 Å². The van der Waals surface area contributed by atoms with Crippen LogP contribution in [0.3, 0.4) is 0 Å². The second-order valence-corrected chi connectivity index (χ2v) is 7.02. The second kappa shape index (κ2) is 7.97. The Balaban J connectivity index is 1.69. The molecule has 0 spiro atoms. The fraction of sp³-hybridized carbons (Fsp3) is 0.526. The average molecular weight is 358 g/mol. The molecule has 0 saturated carbocycles. The smallest absolute Gasteiger partial charge is 0.255 e. The van der Waals surface area contributed by atoms with Crippen molar-refractivity contribution in [3.05, 3.63) is 34.9 Å². The monoisotopic (exact) mass is 358 g/mol. The molecule has 26 heavy (non-hydrogen) atoms. The van der Waals surface area contributed by atoms with Crippen LogP contribution in [0.5, 0.6) is 0 Å². The number of piperidine rings is 1. The summed E-state index contributed by atoms with van der Waals surface area (Å²) in [7, 11) is 0. The first-order valence-electron chi connectivity index (χ1n) is 9.23. The predicted molar refractivity (Wildman–Crippen MR) is 97.1 cm³/mol. The number of amides is 3. The first-order chi connectivity index (χ1) is 12.5. The molecule has 1 fully saturated rings. The van der Waals surface area contributed by atoms with E-state index in [1.54, 1.807) is 11.0 Å². The van der Waals surface area contributed by atoms with Crippen LogP contribution in [0, 0.1) is 0 Å². The predicted octanol–water partition coefficient (Wildman–Crippen LogP) is 0.665.